The first-order chi connectivity index (χ1) is 10.8. The Balaban J connectivity index is 1.87. The number of rotatable bonds is 2. The third kappa shape index (κ3) is 1.80. The van der Waals surface area contributed by atoms with Crippen LogP contribution in [0.2, 0.25) is 0 Å². The molecule has 0 radical (unpaired) electrons. The number of para-hydroxylation sites is 1. The Morgan fingerprint density at radius 2 is 1.77 bits per heavy atom. The second-order valence-corrected chi connectivity index (χ2v) is 5.44. The lowest BCUT2D eigenvalue weighted by Gasteiger charge is -2.37. The van der Waals surface area contributed by atoms with Crippen LogP contribution in [0.15, 0.2) is 60.8 Å². The van der Waals surface area contributed by atoms with Gasteiger partial charge in [-0.15, -0.1) is 0 Å². The minimum absolute atomic E-state index is 0.0470. The second-order valence-electron chi connectivity index (χ2n) is 5.44. The standard InChI is InChI=1S/C18H17N3O/c1-20-16-6-4-3-5-15(16)17-11-12-19-21(17)18(20)13-7-9-14(22-2)10-8-13/h3-12,18H,1-2H3. The minimum atomic E-state index is 0.0470. The van der Waals surface area contributed by atoms with E-state index >= 15 is 0 Å². The molecule has 1 aromatic heterocycles. The highest BCUT2D eigenvalue weighted by Gasteiger charge is 2.29. The summed E-state index contributed by atoms with van der Waals surface area (Å²) in [6.45, 7) is 0. The summed E-state index contributed by atoms with van der Waals surface area (Å²) in [6, 6.07) is 18.7. The molecule has 0 saturated heterocycles. The summed E-state index contributed by atoms with van der Waals surface area (Å²) in [5.41, 5.74) is 4.76. The average Bonchev–Trinajstić information content (AvgIpc) is 3.05. The van der Waals surface area contributed by atoms with Gasteiger partial charge in [0.1, 0.15) is 11.9 Å². The van der Waals surface area contributed by atoms with Crippen molar-refractivity contribution in [1.29, 1.82) is 0 Å². The number of ether oxygens (including phenoxy) is 1. The topological polar surface area (TPSA) is 30.3 Å². The van der Waals surface area contributed by atoms with Gasteiger partial charge in [0.15, 0.2) is 0 Å². The number of hydrogen-bond acceptors (Lipinski definition) is 3. The lowest BCUT2D eigenvalue weighted by molar-refractivity contribution is 0.414. The van der Waals surface area contributed by atoms with Crippen LogP contribution in [0, 0.1) is 0 Å². The van der Waals surface area contributed by atoms with Crippen LogP contribution < -0.4 is 9.64 Å². The van der Waals surface area contributed by atoms with Gasteiger partial charge in [0.05, 0.1) is 12.8 Å². The molecule has 1 unspecified atom stereocenters. The monoisotopic (exact) mass is 291 g/mol. The highest BCUT2D eigenvalue weighted by Crippen LogP contribution is 2.41. The van der Waals surface area contributed by atoms with Crippen LogP contribution in [-0.2, 0) is 0 Å². The van der Waals surface area contributed by atoms with Gasteiger partial charge in [0, 0.05) is 24.5 Å². The van der Waals surface area contributed by atoms with Crippen LogP contribution >= 0.6 is 0 Å². The van der Waals surface area contributed by atoms with E-state index in [0.717, 1.165) is 11.4 Å². The number of anilines is 1. The van der Waals surface area contributed by atoms with Crippen LogP contribution in [0.3, 0.4) is 0 Å². The molecule has 3 aromatic rings. The lowest BCUT2D eigenvalue weighted by Crippen LogP contribution is -2.34. The molecule has 4 rings (SSSR count). The molecular formula is C18H17N3O. The van der Waals surface area contributed by atoms with E-state index in [2.05, 4.69) is 64.2 Å². The number of methoxy groups -OCH3 is 1. The predicted molar refractivity (Wildman–Crippen MR) is 87.2 cm³/mol. The molecule has 110 valence electrons. The Morgan fingerprint density at radius 3 is 2.55 bits per heavy atom. The van der Waals surface area contributed by atoms with Gasteiger partial charge in [-0.05, 0) is 29.8 Å². The van der Waals surface area contributed by atoms with Gasteiger partial charge in [-0.3, -0.25) is 0 Å². The third-order valence-electron chi connectivity index (χ3n) is 4.24. The van der Waals surface area contributed by atoms with Gasteiger partial charge in [-0.1, -0.05) is 30.3 Å². The van der Waals surface area contributed by atoms with Gasteiger partial charge in [0.25, 0.3) is 0 Å². The maximum Gasteiger partial charge on any atom is 0.149 e. The van der Waals surface area contributed by atoms with Gasteiger partial charge < -0.3 is 9.64 Å². The molecule has 0 N–H and O–H groups in total. The quantitative estimate of drug-likeness (QED) is 0.723. The Labute approximate surface area is 129 Å². The molecule has 2 heterocycles. The molecule has 1 atom stereocenters. The molecule has 4 nitrogen and oxygen atoms in total. The average molecular weight is 291 g/mol. The van der Waals surface area contributed by atoms with E-state index < -0.39 is 0 Å². The van der Waals surface area contributed by atoms with Gasteiger partial charge >= 0.3 is 0 Å². The summed E-state index contributed by atoms with van der Waals surface area (Å²) < 4.78 is 7.33. The van der Waals surface area contributed by atoms with Crippen molar-refractivity contribution in [3.8, 4) is 17.0 Å². The van der Waals surface area contributed by atoms with Crippen molar-refractivity contribution in [3.05, 3.63) is 66.4 Å². The van der Waals surface area contributed by atoms with E-state index in [1.807, 2.05) is 18.3 Å². The van der Waals surface area contributed by atoms with E-state index in [1.165, 1.54) is 16.8 Å². The van der Waals surface area contributed by atoms with Crippen molar-refractivity contribution < 1.29 is 4.74 Å². The zero-order valence-electron chi connectivity index (χ0n) is 12.6. The lowest BCUT2D eigenvalue weighted by atomic mass is 10.0. The highest BCUT2D eigenvalue weighted by molar-refractivity contribution is 5.79. The van der Waals surface area contributed by atoms with E-state index in [1.54, 1.807) is 7.11 Å². The van der Waals surface area contributed by atoms with Crippen molar-refractivity contribution in [2.45, 2.75) is 6.17 Å². The molecule has 4 heteroatoms. The summed E-state index contributed by atoms with van der Waals surface area (Å²) in [5, 5.41) is 4.55. The van der Waals surface area contributed by atoms with Crippen molar-refractivity contribution in [3.63, 3.8) is 0 Å². The van der Waals surface area contributed by atoms with Crippen molar-refractivity contribution in [1.82, 2.24) is 9.78 Å². The van der Waals surface area contributed by atoms with E-state index in [0.29, 0.717) is 0 Å². The van der Waals surface area contributed by atoms with Crippen LogP contribution in [0.4, 0.5) is 5.69 Å². The number of benzene rings is 2. The van der Waals surface area contributed by atoms with Crippen LogP contribution in [-0.4, -0.2) is 23.9 Å². The zero-order chi connectivity index (χ0) is 15.1. The molecule has 1 aliphatic rings. The Hall–Kier alpha value is -2.75. The van der Waals surface area contributed by atoms with E-state index in [9.17, 15) is 0 Å². The smallest absolute Gasteiger partial charge is 0.149 e. The Kier molecular flexibility index (Phi) is 2.89. The first-order valence-corrected chi connectivity index (χ1v) is 7.29. The molecule has 2 aromatic carbocycles. The maximum absolute atomic E-state index is 5.26. The van der Waals surface area contributed by atoms with Crippen molar-refractivity contribution in [2.24, 2.45) is 0 Å². The second kappa shape index (κ2) is 4.91. The fourth-order valence-electron chi connectivity index (χ4n) is 3.16. The van der Waals surface area contributed by atoms with Crippen LogP contribution in [0.25, 0.3) is 11.3 Å². The fraction of sp³-hybridized carbons (Fsp3) is 0.167. The predicted octanol–water partition coefficient (Wildman–Crippen LogP) is 3.56. The highest BCUT2D eigenvalue weighted by atomic mass is 16.5. The molecular weight excluding hydrogens is 274 g/mol. The SMILES string of the molecule is COc1ccc(C2N(C)c3ccccc3-c3ccnn32)cc1. The molecule has 0 aliphatic carbocycles. The van der Waals surface area contributed by atoms with Crippen molar-refractivity contribution in [2.75, 3.05) is 19.1 Å². The summed E-state index contributed by atoms with van der Waals surface area (Å²) in [7, 11) is 3.79. The van der Waals surface area contributed by atoms with Crippen LogP contribution in [0.5, 0.6) is 5.75 Å². The number of hydrogen-bond donors (Lipinski definition) is 0. The van der Waals surface area contributed by atoms with Gasteiger partial charge in [-0.2, -0.15) is 5.10 Å². The zero-order valence-corrected chi connectivity index (χ0v) is 12.6. The fourth-order valence-corrected chi connectivity index (χ4v) is 3.16. The summed E-state index contributed by atoms with van der Waals surface area (Å²) in [5.74, 6) is 0.864. The molecule has 0 bridgehead atoms. The normalized spacial score (nSPS) is 16.1. The number of nitrogens with zero attached hydrogens (tertiary/aromatic N) is 3. The van der Waals surface area contributed by atoms with Crippen molar-refractivity contribution >= 4 is 5.69 Å². The molecule has 22 heavy (non-hydrogen) atoms. The molecule has 0 fully saturated rings. The van der Waals surface area contributed by atoms with Gasteiger partial charge in [-0.25, -0.2) is 4.68 Å². The number of aromatic nitrogens is 2. The molecule has 0 saturated carbocycles. The van der Waals surface area contributed by atoms with E-state index in [4.69, 9.17) is 4.74 Å². The van der Waals surface area contributed by atoms with Crippen LogP contribution in [0.1, 0.15) is 11.7 Å². The first-order valence-electron chi connectivity index (χ1n) is 7.29. The number of fused-ring (bicyclic) bond motifs is 3. The largest absolute Gasteiger partial charge is 0.497 e. The molecule has 0 spiro atoms. The summed E-state index contributed by atoms with van der Waals surface area (Å²) in [6.07, 6.45) is 1.91. The van der Waals surface area contributed by atoms with E-state index in [-0.39, 0.29) is 6.17 Å². The Bertz CT molecular complexity index is 807. The Morgan fingerprint density at radius 1 is 1.00 bits per heavy atom. The maximum atomic E-state index is 5.26. The third-order valence-corrected chi connectivity index (χ3v) is 4.24. The minimum Gasteiger partial charge on any atom is -0.497 e. The first kappa shape index (κ1) is 13.0. The summed E-state index contributed by atoms with van der Waals surface area (Å²) >= 11 is 0. The molecule has 0 amide bonds. The van der Waals surface area contributed by atoms with Gasteiger partial charge in [0.2, 0.25) is 0 Å². The molecule has 1 aliphatic heterocycles. The summed E-state index contributed by atoms with van der Waals surface area (Å²) in [4.78, 5) is 2.26.